The first-order valence-electron chi connectivity index (χ1n) is 6.76. The molecule has 0 radical (unpaired) electrons. The fourth-order valence-corrected chi connectivity index (χ4v) is 2.43. The Morgan fingerprint density at radius 3 is 2.80 bits per heavy atom. The van der Waals surface area contributed by atoms with E-state index in [-0.39, 0.29) is 29.4 Å². The van der Waals surface area contributed by atoms with E-state index in [9.17, 15) is 9.59 Å². The number of hydrogen-bond donors (Lipinski definition) is 1. The lowest BCUT2D eigenvalue weighted by molar-refractivity contribution is -0.150. The lowest BCUT2D eigenvalue weighted by atomic mass is 10.0. The van der Waals surface area contributed by atoms with Crippen LogP contribution in [0.15, 0.2) is 0 Å². The number of ether oxygens (including phenoxy) is 2. The van der Waals surface area contributed by atoms with Gasteiger partial charge in [-0.25, -0.2) is 0 Å². The molecule has 1 aliphatic heterocycles. The first-order chi connectivity index (χ1) is 9.49. The summed E-state index contributed by atoms with van der Waals surface area (Å²) in [4.78, 5) is 25.6. The van der Waals surface area contributed by atoms with Gasteiger partial charge in [0.2, 0.25) is 5.91 Å². The average Bonchev–Trinajstić information content (AvgIpc) is 2.43. The third-order valence-electron chi connectivity index (χ3n) is 3.29. The third kappa shape index (κ3) is 4.72. The number of morpholine rings is 1. The summed E-state index contributed by atoms with van der Waals surface area (Å²) in [5, 5.41) is 0. The van der Waals surface area contributed by atoms with Gasteiger partial charge >= 0.3 is 5.97 Å². The molecule has 6 nitrogen and oxygen atoms in total. The molecule has 2 N–H and O–H groups in total. The van der Waals surface area contributed by atoms with Crippen molar-refractivity contribution < 1.29 is 19.1 Å². The van der Waals surface area contributed by atoms with Gasteiger partial charge in [-0.3, -0.25) is 9.59 Å². The number of hydrogen-bond acceptors (Lipinski definition) is 5. The van der Waals surface area contributed by atoms with Crippen molar-refractivity contribution in [1.82, 2.24) is 4.90 Å². The molecule has 0 aromatic carbocycles. The minimum Gasteiger partial charge on any atom is -0.469 e. The van der Waals surface area contributed by atoms with Gasteiger partial charge in [0, 0.05) is 13.1 Å². The number of amides is 1. The van der Waals surface area contributed by atoms with Crippen molar-refractivity contribution >= 4 is 29.1 Å². The highest BCUT2D eigenvalue weighted by Gasteiger charge is 2.31. The molecule has 2 atom stereocenters. The van der Waals surface area contributed by atoms with Gasteiger partial charge in [0.1, 0.15) is 0 Å². The van der Waals surface area contributed by atoms with Crippen LogP contribution in [0.1, 0.15) is 26.2 Å². The molecule has 0 aromatic heterocycles. The first kappa shape index (κ1) is 16.8. The van der Waals surface area contributed by atoms with Crippen LogP contribution in [0.3, 0.4) is 0 Å². The molecule has 1 saturated heterocycles. The molecule has 0 bridgehead atoms. The van der Waals surface area contributed by atoms with Gasteiger partial charge in [0.15, 0.2) is 0 Å². The fraction of sp³-hybridized carbons (Fsp3) is 0.769. The second-order valence-corrected chi connectivity index (χ2v) is 5.27. The topological polar surface area (TPSA) is 81.9 Å². The van der Waals surface area contributed by atoms with Crippen LogP contribution in [-0.2, 0) is 19.1 Å². The minimum absolute atomic E-state index is 0.0717. The summed E-state index contributed by atoms with van der Waals surface area (Å²) in [6.45, 7) is 3.26. The van der Waals surface area contributed by atoms with E-state index < -0.39 is 5.92 Å². The molecule has 1 amide bonds. The van der Waals surface area contributed by atoms with E-state index in [2.05, 4.69) is 4.74 Å². The number of esters is 1. The predicted molar refractivity (Wildman–Crippen MR) is 78.1 cm³/mol. The molecular formula is C13H22N2O4S. The molecular weight excluding hydrogens is 280 g/mol. The van der Waals surface area contributed by atoms with Crippen LogP contribution in [0, 0.1) is 5.92 Å². The van der Waals surface area contributed by atoms with Crippen molar-refractivity contribution in [2.45, 2.75) is 32.3 Å². The SMILES string of the molecule is CCCC(C(=O)N1CCOC(CC(=O)OC)C1)C(N)=S. The van der Waals surface area contributed by atoms with Gasteiger partial charge in [-0.05, 0) is 6.42 Å². The van der Waals surface area contributed by atoms with Gasteiger partial charge in [-0.15, -0.1) is 0 Å². The van der Waals surface area contributed by atoms with Crippen molar-refractivity contribution in [3.8, 4) is 0 Å². The second-order valence-electron chi connectivity index (χ2n) is 4.80. The summed E-state index contributed by atoms with van der Waals surface area (Å²) >= 11 is 4.97. The monoisotopic (exact) mass is 302 g/mol. The van der Waals surface area contributed by atoms with E-state index >= 15 is 0 Å². The molecule has 0 saturated carbocycles. The maximum atomic E-state index is 12.4. The van der Waals surface area contributed by atoms with Gasteiger partial charge in [0.25, 0.3) is 0 Å². The summed E-state index contributed by atoms with van der Waals surface area (Å²) in [5.41, 5.74) is 5.65. The van der Waals surface area contributed by atoms with E-state index in [4.69, 9.17) is 22.7 Å². The van der Waals surface area contributed by atoms with Crippen LogP contribution in [-0.4, -0.2) is 54.7 Å². The Morgan fingerprint density at radius 2 is 2.25 bits per heavy atom. The number of carbonyl (C=O) groups excluding carboxylic acids is 2. The fourth-order valence-electron chi connectivity index (χ4n) is 2.21. The smallest absolute Gasteiger partial charge is 0.308 e. The highest BCUT2D eigenvalue weighted by Crippen LogP contribution is 2.16. The normalized spacial score (nSPS) is 20.3. The molecule has 20 heavy (non-hydrogen) atoms. The molecule has 2 unspecified atom stereocenters. The zero-order valence-electron chi connectivity index (χ0n) is 12.0. The van der Waals surface area contributed by atoms with E-state index in [0.717, 1.165) is 6.42 Å². The lowest BCUT2D eigenvalue weighted by Gasteiger charge is -2.34. The maximum absolute atomic E-state index is 12.4. The largest absolute Gasteiger partial charge is 0.469 e. The molecule has 114 valence electrons. The van der Waals surface area contributed by atoms with E-state index in [1.165, 1.54) is 7.11 Å². The molecule has 0 aromatic rings. The molecule has 7 heteroatoms. The zero-order valence-corrected chi connectivity index (χ0v) is 12.8. The number of methoxy groups -OCH3 is 1. The third-order valence-corrected chi connectivity index (χ3v) is 3.58. The Balaban J connectivity index is 2.63. The molecule has 0 aliphatic carbocycles. The molecule has 1 aliphatic rings. The van der Waals surface area contributed by atoms with E-state index in [0.29, 0.717) is 26.1 Å². The van der Waals surface area contributed by atoms with Gasteiger partial charge in [0.05, 0.1) is 37.1 Å². The van der Waals surface area contributed by atoms with Crippen LogP contribution in [0.25, 0.3) is 0 Å². The van der Waals surface area contributed by atoms with Crippen molar-refractivity contribution in [3.63, 3.8) is 0 Å². The van der Waals surface area contributed by atoms with Crippen LogP contribution in [0.4, 0.5) is 0 Å². The minimum atomic E-state index is -0.424. The molecule has 1 fully saturated rings. The molecule has 0 spiro atoms. The van der Waals surface area contributed by atoms with Gasteiger partial charge in [-0.2, -0.15) is 0 Å². The van der Waals surface area contributed by atoms with Crippen molar-refractivity contribution in [2.75, 3.05) is 26.8 Å². The van der Waals surface area contributed by atoms with Crippen molar-refractivity contribution in [1.29, 1.82) is 0 Å². The Kier molecular flexibility index (Phi) is 6.87. The van der Waals surface area contributed by atoms with Crippen LogP contribution < -0.4 is 5.73 Å². The average molecular weight is 302 g/mol. The van der Waals surface area contributed by atoms with Gasteiger partial charge < -0.3 is 20.1 Å². The predicted octanol–water partition coefficient (Wildman–Crippen LogP) is 0.479. The van der Waals surface area contributed by atoms with Crippen LogP contribution in [0.2, 0.25) is 0 Å². The Morgan fingerprint density at radius 1 is 1.55 bits per heavy atom. The quantitative estimate of drug-likeness (QED) is 0.568. The molecule has 1 rings (SSSR count). The number of nitrogens with two attached hydrogens (primary N) is 1. The lowest BCUT2D eigenvalue weighted by Crippen LogP contribution is -2.50. The van der Waals surface area contributed by atoms with E-state index in [1.54, 1.807) is 4.90 Å². The van der Waals surface area contributed by atoms with Crippen LogP contribution in [0.5, 0.6) is 0 Å². The number of thiocarbonyl (C=S) groups is 1. The summed E-state index contributed by atoms with van der Waals surface area (Å²) in [6, 6.07) is 0. The second kappa shape index (κ2) is 8.16. The standard InChI is InChI=1S/C13H22N2O4S/c1-3-4-10(12(14)20)13(17)15-5-6-19-9(8-15)7-11(16)18-2/h9-10H,3-8H2,1-2H3,(H2,14,20). The number of carbonyl (C=O) groups is 2. The van der Waals surface area contributed by atoms with Crippen molar-refractivity contribution in [2.24, 2.45) is 11.7 Å². The Hall–Kier alpha value is -1.21. The number of rotatable bonds is 6. The summed E-state index contributed by atoms with van der Waals surface area (Å²) in [7, 11) is 1.33. The van der Waals surface area contributed by atoms with Crippen LogP contribution >= 0.6 is 12.2 Å². The molecule has 1 heterocycles. The summed E-state index contributed by atoms with van der Waals surface area (Å²) < 4.78 is 10.1. The Labute approximate surface area is 124 Å². The number of nitrogens with zero attached hydrogens (tertiary/aromatic N) is 1. The summed E-state index contributed by atoms with van der Waals surface area (Å²) in [5.74, 6) is -0.840. The highest BCUT2D eigenvalue weighted by molar-refractivity contribution is 7.80. The van der Waals surface area contributed by atoms with E-state index in [1.807, 2.05) is 6.92 Å². The van der Waals surface area contributed by atoms with Gasteiger partial charge in [-0.1, -0.05) is 25.6 Å². The maximum Gasteiger partial charge on any atom is 0.308 e. The van der Waals surface area contributed by atoms with Crippen molar-refractivity contribution in [3.05, 3.63) is 0 Å². The Bertz CT molecular complexity index is 375. The summed E-state index contributed by atoms with van der Waals surface area (Å²) in [6.07, 6.45) is 1.30. The highest BCUT2D eigenvalue weighted by atomic mass is 32.1. The first-order valence-corrected chi connectivity index (χ1v) is 7.16. The zero-order chi connectivity index (χ0) is 15.1.